The standard InChI is InChI=1S/C13H19NO/c1-11(2)14-8-4-7-12-5-3-6-13(9-12)10-15/h3,5-6,9-11,14H,4,7-8H2,1-2H3. The molecule has 0 amide bonds. The number of carbonyl (C=O) groups is 1. The summed E-state index contributed by atoms with van der Waals surface area (Å²) in [6.07, 6.45) is 3.04. The topological polar surface area (TPSA) is 29.1 Å². The lowest BCUT2D eigenvalue weighted by Crippen LogP contribution is -2.23. The first-order valence-corrected chi connectivity index (χ1v) is 5.50. The van der Waals surface area contributed by atoms with Crippen molar-refractivity contribution in [2.24, 2.45) is 0 Å². The number of hydrogen-bond donors (Lipinski definition) is 1. The molecule has 82 valence electrons. The molecule has 0 saturated heterocycles. The van der Waals surface area contributed by atoms with Crippen molar-refractivity contribution in [2.75, 3.05) is 6.54 Å². The van der Waals surface area contributed by atoms with Crippen LogP contribution in [0.25, 0.3) is 0 Å². The average Bonchev–Trinajstić information content (AvgIpc) is 2.24. The first kappa shape index (κ1) is 11.9. The van der Waals surface area contributed by atoms with E-state index >= 15 is 0 Å². The van der Waals surface area contributed by atoms with Crippen LogP contribution in [0.3, 0.4) is 0 Å². The van der Waals surface area contributed by atoms with Crippen molar-refractivity contribution in [3.63, 3.8) is 0 Å². The minimum Gasteiger partial charge on any atom is -0.315 e. The van der Waals surface area contributed by atoms with Crippen LogP contribution in [0.1, 0.15) is 36.2 Å². The van der Waals surface area contributed by atoms with Crippen LogP contribution >= 0.6 is 0 Å². The van der Waals surface area contributed by atoms with Crippen LogP contribution in [0, 0.1) is 0 Å². The van der Waals surface area contributed by atoms with Gasteiger partial charge in [0, 0.05) is 11.6 Å². The van der Waals surface area contributed by atoms with Gasteiger partial charge in [-0.3, -0.25) is 4.79 Å². The maximum Gasteiger partial charge on any atom is 0.150 e. The first-order valence-electron chi connectivity index (χ1n) is 5.50. The highest BCUT2D eigenvalue weighted by Crippen LogP contribution is 2.05. The van der Waals surface area contributed by atoms with Gasteiger partial charge in [0.1, 0.15) is 6.29 Å². The summed E-state index contributed by atoms with van der Waals surface area (Å²) in [5.41, 5.74) is 2.01. The third-order valence-electron chi connectivity index (χ3n) is 2.28. The van der Waals surface area contributed by atoms with Gasteiger partial charge in [-0.25, -0.2) is 0 Å². The summed E-state index contributed by atoms with van der Waals surface area (Å²) in [4.78, 5) is 10.6. The maximum atomic E-state index is 10.6. The van der Waals surface area contributed by atoms with Crippen LogP contribution in [-0.2, 0) is 6.42 Å². The Morgan fingerprint density at radius 1 is 1.40 bits per heavy atom. The van der Waals surface area contributed by atoms with Crippen molar-refractivity contribution in [3.8, 4) is 0 Å². The van der Waals surface area contributed by atoms with E-state index in [1.807, 2.05) is 18.2 Å². The zero-order valence-electron chi connectivity index (χ0n) is 9.49. The van der Waals surface area contributed by atoms with E-state index in [0.717, 1.165) is 31.2 Å². The smallest absolute Gasteiger partial charge is 0.150 e. The Hall–Kier alpha value is -1.15. The summed E-state index contributed by atoms with van der Waals surface area (Å²) in [7, 11) is 0. The first-order chi connectivity index (χ1) is 7.22. The number of rotatable bonds is 6. The highest BCUT2D eigenvalue weighted by atomic mass is 16.1. The van der Waals surface area contributed by atoms with Crippen molar-refractivity contribution in [3.05, 3.63) is 35.4 Å². The normalized spacial score (nSPS) is 10.6. The number of benzene rings is 1. The molecule has 0 atom stereocenters. The van der Waals surface area contributed by atoms with E-state index in [1.165, 1.54) is 5.56 Å². The molecular weight excluding hydrogens is 186 g/mol. The highest BCUT2D eigenvalue weighted by Gasteiger charge is 1.96. The van der Waals surface area contributed by atoms with E-state index in [4.69, 9.17) is 0 Å². The summed E-state index contributed by atoms with van der Waals surface area (Å²) >= 11 is 0. The van der Waals surface area contributed by atoms with Crippen LogP contribution < -0.4 is 5.32 Å². The van der Waals surface area contributed by atoms with E-state index in [-0.39, 0.29) is 0 Å². The fourth-order valence-corrected chi connectivity index (χ4v) is 1.51. The molecule has 0 radical (unpaired) electrons. The van der Waals surface area contributed by atoms with Gasteiger partial charge < -0.3 is 5.32 Å². The molecule has 0 spiro atoms. The Kier molecular flexibility index (Phi) is 5.05. The maximum absolute atomic E-state index is 10.6. The van der Waals surface area contributed by atoms with Gasteiger partial charge in [0.2, 0.25) is 0 Å². The molecule has 1 aromatic rings. The zero-order valence-corrected chi connectivity index (χ0v) is 9.49. The van der Waals surface area contributed by atoms with Gasteiger partial charge in [-0.05, 0) is 31.0 Å². The molecule has 0 aliphatic rings. The number of nitrogens with one attached hydrogen (secondary N) is 1. The van der Waals surface area contributed by atoms with E-state index in [2.05, 4.69) is 25.2 Å². The van der Waals surface area contributed by atoms with Gasteiger partial charge in [0.25, 0.3) is 0 Å². The van der Waals surface area contributed by atoms with Crippen molar-refractivity contribution in [1.82, 2.24) is 5.32 Å². The summed E-state index contributed by atoms with van der Waals surface area (Å²) < 4.78 is 0. The predicted octanol–water partition coefficient (Wildman–Crippen LogP) is 2.43. The second kappa shape index (κ2) is 6.36. The number of aryl methyl sites for hydroxylation is 1. The van der Waals surface area contributed by atoms with Crippen LogP contribution in [0.2, 0.25) is 0 Å². The van der Waals surface area contributed by atoms with Gasteiger partial charge in [0.05, 0.1) is 0 Å². The van der Waals surface area contributed by atoms with Crippen molar-refractivity contribution >= 4 is 6.29 Å². The quantitative estimate of drug-likeness (QED) is 0.571. The molecular formula is C13H19NO. The van der Waals surface area contributed by atoms with E-state index in [0.29, 0.717) is 6.04 Å². The Bertz CT molecular complexity index is 307. The highest BCUT2D eigenvalue weighted by molar-refractivity contribution is 5.74. The second-order valence-corrected chi connectivity index (χ2v) is 4.08. The lowest BCUT2D eigenvalue weighted by Gasteiger charge is -2.07. The van der Waals surface area contributed by atoms with Gasteiger partial charge in [-0.1, -0.05) is 32.0 Å². The molecule has 0 heterocycles. The predicted molar refractivity (Wildman–Crippen MR) is 63.3 cm³/mol. The Balaban J connectivity index is 2.34. The average molecular weight is 205 g/mol. The van der Waals surface area contributed by atoms with Crippen LogP contribution in [0.4, 0.5) is 0 Å². The Labute approximate surface area is 91.7 Å². The molecule has 0 unspecified atom stereocenters. The minimum absolute atomic E-state index is 0.548. The van der Waals surface area contributed by atoms with Crippen molar-refractivity contribution < 1.29 is 4.79 Å². The van der Waals surface area contributed by atoms with Crippen LogP contribution in [0.5, 0.6) is 0 Å². The minimum atomic E-state index is 0.548. The van der Waals surface area contributed by atoms with Gasteiger partial charge >= 0.3 is 0 Å². The Morgan fingerprint density at radius 3 is 2.87 bits per heavy atom. The Morgan fingerprint density at radius 2 is 2.20 bits per heavy atom. The van der Waals surface area contributed by atoms with Gasteiger partial charge in [-0.2, -0.15) is 0 Å². The SMILES string of the molecule is CC(C)NCCCc1cccc(C=O)c1. The molecule has 0 aromatic heterocycles. The van der Waals surface area contributed by atoms with Gasteiger partial charge in [-0.15, -0.1) is 0 Å². The van der Waals surface area contributed by atoms with E-state index in [1.54, 1.807) is 0 Å². The third kappa shape index (κ3) is 4.75. The fourth-order valence-electron chi connectivity index (χ4n) is 1.51. The molecule has 1 aromatic carbocycles. The molecule has 2 heteroatoms. The molecule has 0 aliphatic heterocycles. The molecule has 0 fully saturated rings. The summed E-state index contributed by atoms with van der Waals surface area (Å²) in [6, 6.07) is 8.36. The summed E-state index contributed by atoms with van der Waals surface area (Å²) in [5.74, 6) is 0. The zero-order chi connectivity index (χ0) is 11.1. The largest absolute Gasteiger partial charge is 0.315 e. The van der Waals surface area contributed by atoms with Crippen molar-refractivity contribution in [1.29, 1.82) is 0 Å². The fraction of sp³-hybridized carbons (Fsp3) is 0.462. The molecule has 0 saturated carbocycles. The number of carbonyl (C=O) groups excluding carboxylic acids is 1. The molecule has 1 rings (SSSR count). The summed E-state index contributed by atoms with van der Waals surface area (Å²) in [5, 5.41) is 3.37. The van der Waals surface area contributed by atoms with Crippen molar-refractivity contribution in [2.45, 2.75) is 32.7 Å². The van der Waals surface area contributed by atoms with Crippen LogP contribution in [0.15, 0.2) is 24.3 Å². The molecule has 2 nitrogen and oxygen atoms in total. The second-order valence-electron chi connectivity index (χ2n) is 4.08. The van der Waals surface area contributed by atoms with Crippen LogP contribution in [-0.4, -0.2) is 18.9 Å². The third-order valence-corrected chi connectivity index (χ3v) is 2.28. The molecule has 0 bridgehead atoms. The lowest BCUT2D eigenvalue weighted by molar-refractivity contribution is 0.112. The molecule has 1 N–H and O–H groups in total. The molecule has 15 heavy (non-hydrogen) atoms. The number of aldehydes is 1. The van der Waals surface area contributed by atoms with E-state index in [9.17, 15) is 4.79 Å². The summed E-state index contributed by atoms with van der Waals surface area (Å²) in [6.45, 7) is 5.32. The number of hydrogen-bond acceptors (Lipinski definition) is 2. The molecule has 0 aliphatic carbocycles. The van der Waals surface area contributed by atoms with E-state index < -0.39 is 0 Å². The lowest BCUT2D eigenvalue weighted by atomic mass is 10.1. The monoisotopic (exact) mass is 205 g/mol. The van der Waals surface area contributed by atoms with Gasteiger partial charge in [0.15, 0.2) is 0 Å².